The Bertz CT molecular complexity index is 345. The van der Waals surface area contributed by atoms with Crippen molar-refractivity contribution in [1.82, 2.24) is 10.2 Å². The fourth-order valence-corrected chi connectivity index (χ4v) is 2.83. The number of hydrogen-bond acceptors (Lipinski definition) is 4. The number of primary amides is 1. The number of carbonyl (C=O) groups excluding carboxylic acids is 1. The highest BCUT2D eigenvalue weighted by Crippen LogP contribution is 2.12. The van der Waals surface area contributed by atoms with E-state index < -0.39 is 0 Å². The van der Waals surface area contributed by atoms with Gasteiger partial charge in [-0.15, -0.1) is 11.3 Å². The second kappa shape index (κ2) is 6.14. The number of amides is 1. The molecular formula is C12H19N3OS. The van der Waals surface area contributed by atoms with Gasteiger partial charge in [0.2, 0.25) is 5.91 Å². The van der Waals surface area contributed by atoms with Crippen LogP contribution in [0.4, 0.5) is 0 Å². The molecule has 3 N–H and O–H groups in total. The van der Waals surface area contributed by atoms with Gasteiger partial charge in [0, 0.05) is 30.6 Å². The fourth-order valence-electron chi connectivity index (χ4n) is 2.17. The first kappa shape index (κ1) is 12.5. The van der Waals surface area contributed by atoms with Crippen molar-refractivity contribution in [3.63, 3.8) is 0 Å². The fraction of sp³-hybridized carbons (Fsp3) is 0.583. The lowest BCUT2D eigenvalue weighted by Gasteiger charge is -2.31. The lowest BCUT2D eigenvalue weighted by atomic mass is 10.1. The summed E-state index contributed by atoms with van der Waals surface area (Å²) in [5.41, 5.74) is 5.19. The molecule has 5 heteroatoms. The third-order valence-electron chi connectivity index (χ3n) is 3.11. The smallest absolute Gasteiger partial charge is 0.231 e. The van der Waals surface area contributed by atoms with Crippen molar-refractivity contribution in [3.8, 4) is 0 Å². The van der Waals surface area contributed by atoms with Gasteiger partial charge in [-0.05, 0) is 24.3 Å². The van der Waals surface area contributed by atoms with Gasteiger partial charge in [-0.3, -0.25) is 9.69 Å². The maximum atomic E-state index is 10.8. The minimum absolute atomic E-state index is 0.227. The quantitative estimate of drug-likeness (QED) is 0.815. The Morgan fingerprint density at radius 1 is 1.53 bits per heavy atom. The van der Waals surface area contributed by atoms with Crippen LogP contribution in [0.2, 0.25) is 0 Å². The summed E-state index contributed by atoms with van der Waals surface area (Å²) in [5, 5.41) is 5.67. The van der Waals surface area contributed by atoms with Crippen molar-refractivity contribution in [3.05, 3.63) is 22.4 Å². The summed E-state index contributed by atoms with van der Waals surface area (Å²) in [7, 11) is 0. The summed E-state index contributed by atoms with van der Waals surface area (Å²) in [5.74, 6) is -0.227. The molecule has 1 saturated heterocycles. The molecule has 0 bridgehead atoms. The molecule has 1 fully saturated rings. The molecule has 0 spiro atoms. The summed E-state index contributed by atoms with van der Waals surface area (Å²) in [4.78, 5) is 14.3. The van der Waals surface area contributed by atoms with Gasteiger partial charge in [0.05, 0.1) is 6.54 Å². The van der Waals surface area contributed by atoms with Crippen molar-refractivity contribution in [2.24, 2.45) is 5.73 Å². The molecule has 1 aliphatic heterocycles. The highest BCUT2D eigenvalue weighted by Gasteiger charge is 2.19. The van der Waals surface area contributed by atoms with Crippen LogP contribution in [-0.4, -0.2) is 36.5 Å². The molecule has 1 aromatic heterocycles. The predicted molar refractivity (Wildman–Crippen MR) is 69.8 cm³/mol. The summed E-state index contributed by atoms with van der Waals surface area (Å²) >= 11 is 1.79. The SMILES string of the molecule is NC(=O)CN1CCC(NCc2cccs2)CC1. The van der Waals surface area contributed by atoms with Gasteiger partial charge in [-0.25, -0.2) is 0 Å². The Hall–Kier alpha value is -0.910. The van der Waals surface area contributed by atoms with Crippen molar-refractivity contribution in [1.29, 1.82) is 0 Å². The number of hydrogen-bond donors (Lipinski definition) is 2. The van der Waals surface area contributed by atoms with Crippen molar-refractivity contribution < 1.29 is 4.79 Å². The van der Waals surface area contributed by atoms with Crippen LogP contribution in [-0.2, 0) is 11.3 Å². The van der Waals surface area contributed by atoms with Crippen molar-refractivity contribution >= 4 is 17.2 Å². The van der Waals surface area contributed by atoms with E-state index in [9.17, 15) is 4.79 Å². The van der Waals surface area contributed by atoms with E-state index in [1.807, 2.05) is 0 Å². The molecule has 0 atom stereocenters. The number of likely N-dealkylation sites (tertiary alicyclic amines) is 1. The average molecular weight is 253 g/mol. The Morgan fingerprint density at radius 2 is 2.29 bits per heavy atom. The molecule has 2 heterocycles. The van der Waals surface area contributed by atoms with Crippen LogP contribution >= 0.6 is 11.3 Å². The molecule has 17 heavy (non-hydrogen) atoms. The number of rotatable bonds is 5. The normalized spacial score (nSPS) is 18.4. The first-order chi connectivity index (χ1) is 8.24. The molecule has 0 aliphatic carbocycles. The molecule has 94 valence electrons. The van der Waals surface area contributed by atoms with Gasteiger partial charge in [0.25, 0.3) is 0 Å². The Balaban J connectivity index is 1.67. The van der Waals surface area contributed by atoms with Gasteiger partial charge in [0.15, 0.2) is 0 Å². The third kappa shape index (κ3) is 4.11. The van der Waals surface area contributed by atoms with Gasteiger partial charge in [-0.1, -0.05) is 6.07 Å². The van der Waals surface area contributed by atoms with Gasteiger partial charge >= 0.3 is 0 Å². The van der Waals surface area contributed by atoms with E-state index in [-0.39, 0.29) is 5.91 Å². The topological polar surface area (TPSA) is 58.4 Å². The second-order valence-corrected chi connectivity index (χ2v) is 5.51. The molecule has 1 amide bonds. The average Bonchev–Trinajstić information content (AvgIpc) is 2.80. The number of carbonyl (C=O) groups is 1. The van der Waals surface area contributed by atoms with Crippen LogP contribution < -0.4 is 11.1 Å². The number of nitrogens with one attached hydrogen (secondary N) is 1. The van der Waals surface area contributed by atoms with Crippen LogP contribution in [0, 0.1) is 0 Å². The molecule has 1 aliphatic rings. The molecule has 0 aromatic carbocycles. The second-order valence-electron chi connectivity index (χ2n) is 4.48. The van der Waals surface area contributed by atoms with Gasteiger partial charge in [0.1, 0.15) is 0 Å². The van der Waals surface area contributed by atoms with Crippen molar-refractivity contribution in [2.75, 3.05) is 19.6 Å². The van der Waals surface area contributed by atoms with Crippen molar-refractivity contribution in [2.45, 2.75) is 25.4 Å². The number of nitrogens with zero attached hydrogens (tertiary/aromatic N) is 1. The van der Waals surface area contributed by atoms with Crippen LogP contribution in [0.15, 0.2) is 17.5 Å². The Morgan fingerprint density at radius 3 is 2.88 bits per heavy atom. The Labute approximate surface area is 106 Å². The molecule has 0 radical (unpaired) electrons. The molecular weight excluding hydrogens is 234 g/mol. The third-order valence-corrected chi connectivity index (χ3v) is 3.99. The molecule has 0 saturated carbocycles. The Kier molecular flexibility index (Phi) is 4.53. The van der Waals surface area contributed by atoms with E-state index in [0.717, 1.165) is 32.5 Å². The van der Waals surface area contributed by atoms with E-state index in [1.165, 1.54) is 4.88 Å². The molecule has 2 rings (SSSR count). The summed E-state index contributed by atoms with van der Waals surface area (Å²) in [6, 6.07) is 4.80. The van der Waals surface area contributed by atoms with Gasteiger partial charge in [-0.2, -0.15) is 0 Å². The largest absolute Gasteiger partial charge is 0.369 e. The van der Waals surface area contributed by atoms with E-state index in [1.54, 1.807) is 11.3 Å². The van der Waals surface area contributed by atoms with Crippen LogP contribution in [0.5, 0.6) is 0 Å². The van der Waals surface area contributed by atoms with E-state index in [4.69, 9.17) is 5.73 Å². The highest BCUT2D eigenvalue weighted by molar-refractivity contribution is 7.09. The summed E-state index contributed by atoms with van der Waals surface area (Å²) < 4.78 is 0. The number of piperidine rings is 1. The minimum Gasteiger partial charge on any atom is -0.369 e. The van der Waals surface area contributed by atoms with Crippen LogP contribution in [0.1, 0.15) is 17.7 Å². The van der Waals surface area contributed by atoms with Crippen LogP contribution in [0.25, 0.3) is 0 Å². The zero-order valence-electron chi connectivity index (χ0n) is 9.89. The summed E-state index contributed by atoms with van der Waals surface area (Å²) in [6.07, 6.45) is 2.19. The molecule has 4 nitrogen and oxygen atoms in total. The predicted octanol–water partition coefficient (Wildman–Crippen LogP) is 0.787. The maximum Gasteiger partial charge on any atom is 0.231 e. The summed E-state index contributed by atoms with van der Waals surface area (Å²) in [6.45, 7) is 3.28. The molecule has 0 unspecified atom stereocenters. The lowest BCUT2D eigenvalue weighted by molar-refractivity contribution is -0.119. The number of thiophene rings is 1. The van der Waals surface area contributed by atoms with E-state index in [2.05, 4.69) is 27.7 Å². The number of nitrogens with two attached hydrogens (primary N) is 1. The van der Waals surface area contributed by atoms with Crippen LogP contribution in [0.3, 0.4) is 0 Å². The lowest BCUT2D eigenvalue weighted by Crippen LogP contribution is -2.44. The first-order valence-corrected chi connectivity index (χ1v) is 6.88. The molecule has 1 aromatic rings. The van der Waals surface area contributed by atoms with E-state index in [0.29, 0.717) is 12.6 Å². The monoisotopic (exact) mass is 253 g/mol. The first-order valence-electron chi connectivity index (χ1n) is 6.00. The zero-order chi connectivity index (χ0) is 12.1. The zero-order valence-corrected chi connectivity index (χ0v) is 10.7. The minimum atomic E-state index is -0.227. The maximum absolute atomic E-state index is 10.8. The standard InChI is InChI=1S/C12H19N3OS/c13-12(16)9-15-5-3-10(4-6-15)14-8-11-2-1-7-17-11/h1-2,7,10,14H,3-6,8-9H2,(H2,13,16). The van der Waals surface area contributed by atoms with E-state index >= 15 is 0 Å². The van der Waals surface area contributed by atoms with Gasteiger partial charge < -0.3 is 11.1 Å². The highest BCUT2D eigenvalue weighted by atomic mass is 32.1.